The van der Waals surface area contributed by atoms with Crippen LogP contribution in [0.25, 0.3) is 10.4 Å². The van der Waals surface area contributed by atoms with Crippen LogP contribution < -0.4 is 5.73 Å². The lowest BCUT2D eigenvalue weighted by Crippen LogP contribution is -2.62. The molecule has 0 unspecified atom stereocenters. The highest BCUT2D eigenvalue weighted by molar-refractivity contribution is 5.14. The number of benzene rings is 2. The maximum atomic E-state index is 9.80. The Hall–Kier alpha value is -2.45. The molecule has 0 amide bonds. The summed E-state index contributed by atoms with van der Waals surface area (Å²) in [6, 6.07) is 17.7. The molecular formula is C20H24N4O4. The van der Waals surface area contributed by atoms with Gasteiger partial charge in [-0.05, 0) is 16.7 Å². The van der Waals surface area contributed by atoms with E-state index in [4.69, 9.17) is 25.5 Å². The number of azide groups is 1. The van der Waals surface area contributed by atoms with Crippen molar-refractivity contribution in [2.24, 2.45) is 10.8 Å². The van der Waals surface area contributed by atoms with Crippen molar-refractivity contribution in [3.8, 4) is 0 Å². The minimum absolute atomic E-state index is 0.283. The first-order chi connectivity index (χ1) is 13.7. The molecule has 2 aromatic rings. The highest BCUT2D eigenvalue weighted by atomic mass is 16.7. The van der Waals surface area contributed by atoms with Crippen molar-refractivity contribution in [1.82, 2.24) is 0 Å². The van der Waals surface area contributed by atoms with Crippen molar-refractivity contribution in [3.63, 3.8) is 0 Å². The standard InChI is InChI=1S/C20H24N4O4/c21-17-18(23-24-22)19(26-12-14-7-3-1-4-8-14)16(11-25)28-20(17)27-13-15-9-5-2-6-10-15/h1-10,16-20,25H,11-13,21H2/t16-,17-,18+,19-,20-/m1/s1. The molecule has 1 heterocycles. The van der Waals surface area contributed by atoms with E-state index in [0.29, 0.717) is 0 Å². The predicted molar refractivity (Wildman–Crippen MR) is 103 cm³/mol. The first-order valence-electron chi connectivity index (χ1n) is 9.10. The molecule has 5 atom stereocenters. The van der Waals surface area contributed by atoms with Gasteiger partial charge in [-0.15, -0.1) is 0 Å². The number of nitrogens with two attached hydrogens (primary N) is 1. The van der Waals surface area contributed by atoms with Gasteiger partial charge in [0.05, 0.1) is 38.0 Å². The van der Waals surface area contributed by atoms with E-state index in [1.165, 1.54) is 0 Å². The summed E-state index contributed by atoms with van der Waals surface area (Å²) in [7, 11) is 0. The molecular weight excluding hydrogens is 360 g/mol. The van der Waals surface area contributed by atoms with Gasteiger partial charge in [-0.3, -0.25) is 0 Å². The zero-order valence-electron chi connectivity index (χ0n) is 15.4. The van der Waals surface area contributed by atoms with Crippen molar-refractivity contribution in [2.75, 3.05) is 6.61 Å². The maximum Gasteiger partial charge on any atom is 0.174 e. The third-order valence-electron chi connectivity index (χ3n) is 4.63. The Labute approximate surface area is 163 Å². The molecule has 1 fully saturated rings. The zero-order valence-corrected chi connectivity index (χ0v) is 15.4. The first-order valence-corrected chi connectivity index (χ1v) is 9.10. The highest BCUT2D eigenvalue weighted by Crippen LogP contribution is 2.27. The number of aliphatic hydroxyl groups excluding tert-OH is 1. The molecule has 8 nitrogen and oxygen atoms in total. The number of hydrogen-bond acceptors (Lipinski definition) is 6. The van der Waals surface area contributed by atoms with Crippen LogP contribution in [0.3, 0.4) is 0 Å². The van der Waals surface area contributed by atoms with Gasteiger partial charge in [0.15, 0.2) is 6.29 Å². The lowest BCUT2D eigenvalue weighted by Gasteiger charge is -2.43. The fourth-order valence-electron chi connectivity index (χ4n) is 3.17. The van der Waals surface area contributed by atoms with E-state index in [2.05, 4.69) is 10.0 Å². The molecule has 8 heteroatoms. The molecule has 1 aliphatic heterocycles. The fraction of sp³-hybridized carbons (Fsp3) is 0.400. The van der Waals surface area contributed by atoms with E-state index < -0.39 is 30.6 Å². The van der Waals surface area contributed by atoms with E-state index in [-0.39, 0.29) is 19.8 Å². The SMILES string of the molecule is [N-]=[N+]=N[C@H]1[C@@H](N)[C@H](OCc2ccccc2)O[C@H](CO)[C@H]1OCc1ccccc1. The van der Waals surface area contributed by atoms with Crippen LogP contribution in [0.1, 0.15) is 11.1 Å². The highest BCUT2D eigenvalue weighted by Gasteiger charge is 2.45. The second-order valence-corrected chi connectivity index (χ2v) is 6.56. The van der Waals surface area contributed by atoms with Crippen molar-refractivity contribution in [2.45, 2.75) is 43.8 Å². The molecule has 2 aromatic carbocycles. The quantitative estimate of drug-likeness (QED) is 0.411. The van der Waals surface area contributed by atoms with Crippen molar-refractivity contribution >= 4 is 0 Å². The third-order valence-corrected chi connectivity index (χ3v) is 4.63. The van der Waals surface area contributed by atoms with Crippen LogP contribution in [0.15, 0.2) is 65.8 Å². The average molecular weight is 384 g/mol. The normalized spacial score (nSPS) is 27.1. The van der Waals surface area contributed by atoms with Crippen LogP contribution in [0, 0.1) is 0 Å². The molecule has 28 heavy (non-hydrogen) atoms. The number of hydrogen-bond donors (Lipinski definition) is 2. The number of nitrogens with zero attached hydrogens (tertiary/aromatic N) is 3. The van der Waals surface area contributed by atoms with Crippen molar-refractivity contribution in [1.29, 1.82) is 0 Å². The minimum atomic E-state index is -0.829. The summed E-state index contributed by atoms with van der Waals surface area (Å²) in [5.41, 5.74) is 17.2. The van der Waals surface area contributed by atoms with Crippen LogP contribution in [0.2, 0.25) is 0 Å². The van der Waals surface area contributed by atoms with Crippen molar-refractivity contribution in [3.05, 3.63) is 82.2 Å². The zero-order chi connectivity index (χ0) is 19.8. The molecule has 3 N–H and O–H groups in total. The van der Waals surface area contributed by atoms with Crippen LogP contribution >= 0.6 is 0 Å². The fourth-order valence-corrected chi connectivity index (χ4v) is 3.17. The number of rotatable bonds is 8. The molecule has 1 aliphatic rings. The Kier molecular flexibility index (Phi) is 7.39. The summed E-state index contributed by atoms with van der Waals surface area (Å²) >= 11 is 0. The Morgan fingerprint density at radius 1 is 1.00 bits per heavy atom. The van der Waals surface area contributed by atoms with E-state index >= 15 is 0 Å². The van der Waals surface area contributed by atoms with E-state index in [9.17, 15) is 5.11 Å². The lowest BCUT2D eigenvalue weighted by molar-refractivity contribution is -0.255. The van der Waals surface area contributed by atoms with Gasteiger partial charge in [0.1, 0.15) is 6.10 Å². The predicted octanol–water partition coefficient (Wildman–Crippen LogP) is 2.51. The Balaban J connectivity index is 1.70. The lowest BCUT2D eigenvalue weighted by atomic mass is 9.95. The van der Waals surface area contributed by atoms with Gasteiger partial charge in [-0.2, -0.15) is 0 Å². The van der Waals surface area contributed by atoms with Gasteiger partial charge < -0.3 is 25.1 Å². The van der Waals surface area contributed by atoms with Crippen molar-refractivity contribution < 1.29 is 19.3 Å². The molecule has 0 bridgehead atoms. The average Bonchev–Trinajstić information content (AvgIpc) is 2.75. The van der Waals surface area contributed by atoms with Gasteiger partial charge in [0.2, 0.25) is 0 Å². The summed E-state index contributed by atoms with van der Waals surface area (Å²) < 4.78 is 17.6. The van der Waals surface area contributed by atoms with E-state index in [0.717, 1.165) is 11.1 Å². The van der Waals surface area contributed by atoms with Gasteiger partial charge in [-0.1, -0.05) is 65.8 Å². The largest absolute Gasteiger partial charge is 0.394 e. The molecule has 0 spiro atoms. The molecule has 148 valence electrons. The second kappa shape index (κ2) is 10.2. The summed E-state index contributed by atoms with van der Waals surface area (Å²) in [6.45, 7) is 0.260. The van der Waals surface area contributed by atoms with E-state index in [1.807, 2.05) is 60.7 Å². The number of aliphatic hydroxyl groups is 1. The Morgan fingerprint density at radius 2 is 1.57 bits per heavy atom. The molecule has 0 aliphatic carbocycles. The number of ether oxygens (including phenoxy) is 3. The Bertz CT molecular complexity index is 770. The molecule has 0 radical (unpaired) electrons. The van der Waals surface area contributed by atoms with Gasteiger partial charge >= 0.3 is 0 Å². The van der Waals surface area contributed by atoms with Crippen LogP contribution in [0.4, 0.5) is 0 Å². The molecule has 0 aromatic heterocycles. The summed E-state index contributed by atoms with van der Waals surface area (Å²) in [5, 5.41) is 13.6. The molecule has 1 saturated heterocycles. The maximum absolute atomic E-state index is 9.80. The van der Waals surface area contributed by atoms with Gasteiger partial charge in [0.25, 0.3) is 0 Å². The van der Waals surface area contributed by atoms with Crippen LogP contribution in [0.5, 0.6) is 0 Å². The first kappa shape index (κ1) is 20.3. The van der Waals surface area contributed by atoms with Gasteiger partial charge in [-0.25, -0.2) is 0 Å². The molecule has 3 rings (SSSR count). The smallest absolute Gasteiger partial charge is 0.174 e. The van der Waals surface area contributed by atoms with Gasteiger partial charge in [0, 0.05) is 4.91 Å². The summed E-state index contributed by atoms with van der Waals surface area (Å²) in [5.74, 6) is 0. The molecule has 0 saturated carbocycles. The Morgan fingerprint density at radius 3 is 2.11 bits per heavy atom. The second-order valence-electron chi connectivity index (χ2n) is 6.56. The summed E-state index contributed by atoms with van der Waals surface area (Å²) in [4.78, 5) is 2.91. The third kappa shape index (κ3) is 5.08. The van der Waals surface area contributed by atoms with Crippen LogP contribution in [-0.4, -0.2) is 42.3 Å². The minimum Gasteiger partial charge on any atom is -0.394 e. The summed E-state index contributed by atoms with van der Waals surface area (Å²) in [6.07, 6.45) is -2.24. The topological polar surface area (TPSA) is 123 Å². The monoisotopic (exact) mass is 384 g/mol. The van der Waals surface area contributed by atoms with Crippen LogP contribution in [-0.2, 0) is 27.4 Å². The van der Waals surface area contributed by atoms with E-state index in [1.54, 1.807) is 0 Å².